The highest BCUT2D eigenvalue weighted by molar-refractivity contribution is 6.46. The van der Waals surface area contributed by atoms with Crippen molar-refractivity contribution in [1.29, 1.82) is 0 Å². The van der Waals surface area contributed by atoms with Crippen LogP contribution < -0.4 is 9.47 Å². The SMILES string of the molecule is CCN(CC)CCCN1C(=O)C(=O)C(=C(O)c2ccc3c(c2)C[C@@H](C)O3)[C@H]1c1cccc(OCCC(C)C)c1. The van der Waals surface area contributed by atoms with Crippen molar-refractivity contribution in [3.8, 4) is 11.5 Å². The standard InChI is InChI=1S/C32H42N2O5/c1-6-33(7-2)15-9-16-34-29(23-10-8-11-26(20-23)38-17-14-21(3)4)28(31(36)32(34)37)30(35)24-12-13-27-25(19-24)18-22(5)39-27/h8,10-13,19-22,29,35H,6-7,9,14-18H2,1-5H3/t22-,29-/m1/s1. The lowest BCUT2D eigenvalue weighted by atomic mass is 9.94. The number of amides is 1. The van der Waals surface area contributed by atoms with Crippen LogP contribution in [0.15, 0.2) is 48.0 Å². The number of Topliss-reactive ketones (excluding diaryl/α,β-unsaturated/α-hetero) is 1. The van der Waals surface area contributed by atoms with Gasteiger partial charge in [0.2, 0.25) is 0 Å². The summed E-state index contributed by atoms with van der Waals surface area (Å²) in [5.74, 6) is 0.607. The smallest absolute Gasteiger partial charge is 0.295 e. The number of hydrogen-bond acceptors (Lipinski definition) is 6. The largest absolute Gasteiger partial charge is 0.507 e. The number of hydrogen-bond donors (Lipinski definition) is 1. The topological polar surface area (TPSA) is 79.3 Å². The Morgan fingerprint density at radius 2 is 1.92 bits per heavy atom. The van der Waals surface area contributed by atoms with Crippen LogP contribution >= 0.6 is 0 Å². The fourth-order valence-corrected chi connectivity index (χ4v) is 5.37. The van der Waals surface area contributed by atoms with E-state index in [0.29, 0.717) is 30.4 Å². The predicted octanol–water partition coefficient (Wildman–Crippen LogP) is 5.59. The fraction of sp³-hybridized carbons (Fsp3) is 0.500. The van der Waals surface area contributed by atoms with Gasteiger partial charge in [-0.25, -0.2) is 0 Å². The van der Waals surface area contributed by atoms with Crippen LogP contribution in [0.5, 0.6) is 11.5 Å². The second-order valence-electron chi connectivity index (χ2n) is 10.9. The number of aliphatic hydroxyl groups is 1. The summed E-state index contributed by atoms with van der Waals surface area (Å²) in [6.07, 6.45) is 2.45. The van der Waals surface area contributed by atoms with Gasteiger partial charge in [-0.05, 0) is 86.8 Å². The molecule has 0 aliphatic carbocycles. The molecule has 39 heavy (non-hydrogen) atoms. The van der Waals surface area contributed by atoms with E-state index in [4.69, 9.17) is 9.47 Å². The van der Waals surface area contributed by atoms with Crippen LogP contribution in [-0.2, 0) is 16.0 Å². The molecule has 7 heteroatoms. The maximum Gasteiger partial charge on any atom is 0.295 e. The molecule has 4 rings (SSSR count). The van der Waals surface area contributed by atoms with Crippen LogP contribution in [0.1, 0.15) is 70.2 Å². The first-order valence-corrected chi connectivity index (χ1v) is 14.3. The Kier molecular flexibility index (Phi) is 9.33. The molecule has 0 aromatic heterocycles. The normalized spacial score (nSPS) is 20.1. The summed E-state index contributed by atoms with van der Waals surface area (Å²) in [7, 11) is 0. The molecule has 1 N–H and O–H groups in total. The zero-order valence-electron chi connectivity index (χ0n) is 23.9. The van der Waals surface area contributed by atoms with E-state index < -0.39 is 17.7 Å². The second-order valence-corrected chi connectivity index (χ2v) is 10.9. The molecule has 7 nitrogen and oxygen atoms in total. The van der Waals surface area contributed by atoms with Crippen molar-refractivity contribution < 1.29 is 24.2 Å². The molecule has 1 fully saturated rings. The average Bonchev–Trinajstić information content (AvgIpc) is 3.41. The lowest BCUT2D eigenvalue weighted by Crippen LogP contribution is -2.33. The van der Waals surface area contributed by atoms with Crippen LogP contribution in [-0.4, -0.2) is 65.5 Å². The zero-order chi connectivity index (χ0) is 28.1. The molecule has 1 saturated heterocycles. The summed E-state index contributed by atoms with van der Waals surface area (Å²) in [4.78, 5) is 30.8. The lowest BCUT2D eigenvalue weighted by molar-refractivity contribution is -0.140. The van der Waals surface area contributed by atoms with Gasteiger partial charge in [0.05, 0.1) is 18.2 Å². The minimum atomic E-state index is -0.696. The van der Waals surface area contributed by atoms with Crippen molar-refractivity contribution in [2.24, 2.45) is 5.92 Å². The average molecular weight is 535 g/mol. The van der Waals surface area contributed by atoms with E-state index in [1.54, 1.807) is 11.0 Å². The van der Waals surface area contributed by atoms with E-state index in [9.17, 15) is 14.7 Å². The van der Waals surface area contributed by atoms with E-state index in [0.717, 1.165) is 55.8 Å². The van der Waals surface area contributed by atoms with Crippen molar-refractivity contribution >= 4 is 17.4 Å². The van der Waals surface area contributed by atoms with E-state index in [1.807, 2.05) is 43.3 Å². The molecular weight excluding hydrogens is 492 g/mol. The Balaban J connectivity index is 1.71. The molecular formula is C32H42N2O5. The summed E-state index contributed by atoms with van der Waals surface area (Å²) in [5.41, 5.74) is 2.37. The van der Waals surface area contributed by atoms with Gasteiger partial charge in [-0.15, -0.1) is 0 Å². The Bertz CT molecular complexity index is 1220. The number of aliphatic hydroxyl groups excluding tert-OH is 1. The van der Waals surface area contributed by atoms with Gasteiger partial charge in [0, 0.05) is 18.5 Å². The first-order valence-electron chi connectivity index (χ1n) is 14.3. The van der Waals surface area contributed by atoms with E-state index in [2.05, 4.69) is 32.6 Å². The summed E-state index contributed by atoms with van der Waals surface area (Å²) >= 11 is 0. The predicted molar refractivity (Wildman–Crippen MR) is 153 cm³/mol. The Hall–Kier alpha value is -3.32. The first kappa shape index (κ1) is 28.7. The van der Waals surface area contributed by atoms with Gasteiger partial charge in [0.15, 0.2) is 0 Å². The van der Waals surface area contributed by atoms with Crippen molar-refractivity contribution in [2.45, 2.75) is 66.0 Å². The maximum absolute atomic E-state index is 13.5. The van der Waals surface area contributed by atoms with Crippen molar-refractivity contribution in [2.75, 3.05) is 32.8 Å². The molecule has 0 spiro atoms. The minimum Gasteiger partial charge on any atom is -0.507 e. The highest BCUT2D eigenvalue weighted by atomic mass is 16.5. The summed E-state index contributed by atoms with van der Waals surface area (Å²) in [6, 6.07) is 12.3. The molecule has 2 aliphatic heterocycles. The Morgan fingerprint density at radius 1 is 1.15 bits per heavy atom. The number of rotatable bonds is 12. The molecule has 2 aliphatic rings. The molecule has 2 aromatic rings. The minimum absolute atomic E-state index is 0.0622. The van der Waals surface area contributed by atoms with Crippen LogP contribution in [0, 0.1) is 5.92 Å². The van der Waals surface area contributed by atoms with E-state index >= 15 is 0 Å². The fourth-order valence-electron chi connectivity index (χ4n) is 5.37. The quantitative estimate of drug-likeness (QED) is 0.217. The molecule has 0 radical (unpaired) electrons. The highest BCUT2D eigenvalue weighted by Crippen LogP contribution is 2.41. The number of ether oxygens (including phenoxy) is 2. The van der Waals surface area contributed by atoms with Gasteiger partial charge in [-0.3, -0.25) is 9.59 Å². The monoisotopic (exact) mass is 534 g/mol. The molecule has 2 heterocycles. The van der Waals surface area contributed by atoms with Crippen LogP contribution in [0.3, 0.4) is 0 Å². The molecule has 0 unspecified atom stereocenters. The van der Waals surface area contributed by atoms with Gasteiger partial charge in [0.1, 0.15) is 23.4 Å². The van der Waals surface area contributed by atoms with Crippen LogP contribution in [0.2, 0.25) is 0 Å². The van der Waals surface area contributed by atoms with Gasteiger partial charge < -0.3 is 24.4 Å². The van der Waals surface area contributed by atoms with Crippen molar-refractivity contribution in [3.63, 3.8) is 0 Å². The van der Waals surface area contributed by atoms with Gasteiger partial charge in [0.25, 0.3) is 11.7 Å². The number of carbonyl (C=O) groups excluding carboxylic acids is 2. The molecule has 2 atom stereocenters. The van der Waals surface area contributed by atoms with Gasteiger partial charge in [-0.1, -0.05) is 39.8 Å². The number of fused-ring (bicyclic) bond motifs is 1. The van der Waals surface area contributed by atoms with Crippen LogP contribution in [0.25, 0.3) is 5.76 Å². The number of carbonyl (C=O) groups is 2. The Labute approximate surface area is 232 Å². The lowest BCUT2D eigenvalue weighted by Gasteiger charge is -2.27. The molecule has 0 bridgehead atoms. The van der Waals surface area contributed by atoms with Crippen molar-refractivity contribution in [1.82, 2.24) is 9.80 Å². The third kappa shape index (κ3) is 6.47. The van der Waals surface area contributed by atoms with Crippen molar-refractivity contribution in [3.05, 3.63) is 64.7 Å². The molecule has 0 saturated carbocycles. The molecule has 2 aromatic carbocycles. The zero-order valence-corrected chi connectivity index (χ0v) is 23.9. The van der Waals surface area contributed by atoms with Gasteiger partial charge in [-0.2, -0.15) is 0 Å². The summed E-state index contributed by atoms with van der Waals surface area (Å²) in [6.45, 7) is 14.2. The summed E-state index contributed by atoms with van der Waals surface area (Å²) in [5, 5.41) is 11.5. The third-order valence-corrected chi connectivity index (χ3v) is 7.61. The van der Waals surface area contributed by atoms with Gasteiger partial charge >= 0.3 is 0 Å². The van der Waals surface area contributed by atoms with E-state index in [1.165, 1.54) is 0 Å². The maximum atomic E-state index is 13.5. The van der Waals surface area contributed by atoms with Crippen LogP contribution in [0.4, 0.5) is 0 Å². The number of likely N-dealkylation sites (tertiary alicyclic amines) is 1. The third-order valence-electron chi connectivity index (χ3n) is 7.61. The molecule has 1 amide bonds. The molecule has 210 valence electrons. The highest BCUT2D eigenvalue weighted by Gasteiger charge is 2.46. The summed E-state index contributed by atoms with van der Waals surface area (Å²) < 4.78 is 11.8. The van der Waals surface area contributed by atoms with E-state index in [-0.39, 0.29) is 17.4 Å². The number of ketones is 1. The number of nitrogens with zero attached hydrogens (tertiary/aromatic N) is 2. The Morgan fingerprint density at radius 3 is 2.64 bits per heavy atom. The second kappa shape index (κ2) is 12.7. The first-order chi connectivity index (χ1) is 18.7. The number of benzene rings is 2.